The summed E-state index contributed by atoms with van der Waals surface area (Å²) in [4.78, 5) is 28.2. The van der Waals surface area contributed by atoms with Crippen molar-refractivity contribution in [2.45, 2.75) is 44.9 Å². The molecule has 1 saturated heterocycles. The van der Waals surface area contributed by atoms with Crippen LogP contribution in [0.2, 0.25) is 0 Å². The van der Waals surface area contributed by atoms with Gasteiger partial charge in [0, 0.05) is 67.0 Å². The fourth-order valence-electron chi connectivity index (χ4n) is 5.02. The largest absolute Gasteiger partial charge is 0.496 e. The number of Topliss-reactive ketones (excluding diaryl/α,β-unsaturated/α-hetero) is 2. The number of carbonyl (C=O) groups excluding carboxylic acids is 2. The number of para-hydroxylation sites is 1. The number of hydrogen-bond acceptors (Lipinski definition) is 5. The highest BCUT2D eigenvalue weighted by atomic mass is 16.5. The van der Waals surface area contributed by atoms with Crippen LogP contribution in [0.1, 0.15) is 50.5 Å². The Kier molecular flexibility index (Phi) is 5.54. The van der Waals surface area contributed by atoms with Crippen molar-refractivity contribution in [3.8, 4) is 5.75 Å². The van der Waals surface area contributed by atoms with Crippen LogP contribution in [-0.2, 0) is 9.59 Å². The molecule has 158 valence electrons. The molecule has 2 atom stereocenters. The summed E-state index contributed by atoms with van der Waals surface area (Å²) in [6.45, 7) is 6.88. The van der Waals surface area contributed by atoms with Crippen LogP contribution in [0, 0.1) is 5.92 Å². The Morgan fingerprint density at radius 3 is 2.73 bits per heavy atom. The van der Waals surface area contributed by atoms with Gasteiger partial charge in [-0.15, -0.1) is 0 Å². The quantitative estimate of drug-likeness (QED) is 0.798. The van der Waals surface area contributed by atoms with Crippen molar-refractivity contribution < 1.29 is 14.3 Å². The summed E-state index contributed by atoms with van der Waals surface area (Å²) >= 11 is 0. The first-order valence-electron chi connectivity index (χ1n) is 10.6. The van der Waals surface area contributed by atoms with Crippen molar-refractivity contribution in [3.63, 3.8) is 0 Å². The summed E-state index contributed by atoms with van der Waals surface area (Å²) in [6, 6.07) is 7.90. The number of nitrogens with one attached hydrogen (secondary N) is 1. The van der Waals surface area contributed by atoms with E-state index < -0.39 is 0 Å². The number of hydrogen-bond donors (Lipinski definition) is 1. The van der Waals surface area contributed by atoms with E-state index in [1.54, 1.807) is 7.11 Å². The molecule has 0 saturated carbocycles. The van der Waals surface area contributed by atoms with Gasteiger partial charge < -0.3 is 15.0 Å². The first-order valence-corrected chi connectivity index (χ1v) is 10.6. The predicted octanol–water partition coefficient (Wildman–Crippen LogP) is 4.09. The molecule has 0 aromatic heterocycles. The van der Waals surface area contributed by atoms with E-state index >= 15 is 0 Å². The van der Waals surface area contributed by atoms with Crippen LogP contribution in [0.5, 0.6) is 5.75 Å². The number of allylic oxidation sites excluding steroid dienone is 5. The van der Waals surface area contributed by atoms with Gasteiger partial charge in [-0.2, -0.15) is 0 Å². The van der Waals surface area contributed by atoms with E-state index in [0.29, 0.717) is 25.2 Å². The third kappa shape index (κ3) is 3.81. The molecule has 0 bridgehead atoms. The summed E-state index contributed by atoms with van der Waals surface area (Å²) in [7, 11) is 3.69. The van der Waals surface area contributed by atoms with Crippen molar-refractivity contribution in [2.24, 2.45) is 5.92 Å². The van der Waals surface area contributed by atoms with Crippen LogP contribution < -0.4 is 10.1 Å². The summed E-state index contributed by atoms with van der Waals surface area (Å²) in [6.07, 6.45) is 3.05. The molecule has 2 aliphatic heterocycles. The lowest BCUT2D eigenvalue weighted by molar-refractivity contribution is -0.116. The van der Waals surface area contributed by atoms with Gasteiger partial charge in [-0.3, -0.25) is 9.59 Å². The SMILES string of the molecule is C=C1C[C@H](CC(=O)C2=C(C)NC3=C(C2)C(=O)C[C@H](c2ccccc2OC)C3)CN1C. The van der Waals surface area contributed by atoms with E-state index in [9.17, 15) is 9.59 Å². The molecule has 1 N–H and O–H groups in total. The molecule has 1 fully saturated rings. The fraction of sp³-hybridized carbons (Fsp3) is 0.440. The average molecular weight is 407 g/mol. The number of methoxy groups -OCH3 is 1. The molecule has 2 heterocycles. The monoisotopic (exact) mass is 406 g/mol. The second-order valence-electron chi connectivity index (χ2n) is 8.78. The molecular formula is C25H30N2O3. The fourth-order valence-corrected chi connectivity index (χ4v) is 5.02. The Morgan fingerprint density at radius 2 is 2.03 bits per heavy atom. The van der Waals surface area contributed by atoms with Gasteiger partial charge in [0.25, 0.3) is 0 Å². The third-order valence-corrected chi connectivity index (χ3v) is 6.71. The minimum Gasteiger partial charge on any atom is -0.496 e. The summed E-state index contributed by atoms with van der Waals surface area (Å²) in [5, 5.41) is 3.41. The number of carbonyl (C=O) groups is 2. The van der Waals surface area contributed by atoms with Crippen LogP contribution >= 0.6 is 0 Å². The minimum absolute atomic E-state index is 0.0880. The van der Waals surface area contributed by atoms with Gasteiger partial charge in [0.05, 0.1) is 7.11 Å². The maximum atomic E-state index is 13.0. The number of likely N-dealkylation sites (tertiary alicyclic amines) is 1. The van der Waals surface area contributed by atoms with Crippen LogP contribution in [-0.4, -0.2) is 37.2 Å². The van der Waals surface area contributed by atoms with Crippen molar-refractivity contribution in [1.29, 1.82) is 0 Å². The molecule has 0 amide bonds. The first kappa shape index (κ1) is 20.5. The molecule has 5 nitrogen and oxygen atoms in total. The van der Waals surface area contributed by atoms with Crippen LogP contribution in [0.15, 0.2) is 59.1 Å². The first-order chi connectivity index (χ1) is 14.4. The van der Waals surface area contributed by atoms with Crippen molar-refractivity contribution in [2.75, 3.05) is 20.7 Å². The molecule has 30 heavy (non-hydrogen) atoms. The zero-order chi connectivity index (χ0) is 21.4. The molecule has 0 spiro atoms. The van der Waals surface area contributed by atoms with Gasteiger partial charge in [0.1, 0.15) is 5.75 Å². The number of benzene rings is 1. The summed E-state index contributed by atoms with van der Waals surface area (Å²) < 4.78 is 5.51. The van der Waals surface area contributed by atoms with Crippen LogP contribution in [0.4, 0.5) is 0 Å². The Labute approximate surface area is 178 Å². The Balaban J connectivity index is 1.49. The van der Waals surface area contributed by atoms with E-state index in [4.69, 9.17) is 4.74 Å². The van der Waals surface area contributed by atoms with Gasteiger partial charge in [0.15, 0.2) is 11.6 Å². The molecule has 5 heteroatoms. The molecular weight excluding hydrogens is 376 g/mol. The highest BCUT2D eigenvalue weighted by Crippen LogP contribution is 2.41. The van der Waals surface area contributed by atoms with Crippen molar-refractivity contribution in [1.82, 2.24) is 10.2 Å². The highest BCUT2D eigenvalue weighted by Gasteiger charge is 2.35. The molecule has 4 rings (SSSR count). The maximum Gasteiger partial charge on any atom is 0.161 e. The van der Waals surface area contributed by atoms with Crippen LogP contribution in [0.3, 0.4) is 0 Å². The second kappa shape index (κ2) is 8.13. The normalized spacial score (nSPS) is 24.2. The van der Waals surface area contributed by atoms with E-state index in [1.165, 1.54) is 0 Å². The summed E-state index contributed by atoms with van der Waals surface area (Å²) in [5.74, 6) is 1.50. The molecule has 1 aromatic rings. The smallest absolute Gasteiger partial charge is 0.161 e. The summed E-state index contributed by atoms with van der Waals surface area (Å²) in [5.41, 5.74) is 5.55. The van der Waals surface area contributed by atoms with Crippen molar-refractivity contribution in [3.05, 3.63) is 64.6 Å². The number of dihydropyridines is 1. The topological polar surface area (TPSA) is 58.6 Å². The van der Waals surface area contributed by atoms with Gasteiger partial charge in [-0.25, -0.2) is 0 Å². The van der Waals surface area contributed by atoms with E-state index in [2.05, 4.69) is 16.8 Å². The van der Waals surface area contributed by atoms with Crippen LogP contribution in [0.25, 0.3) is 0 Å². The molecule has 1 aliphatic carbocycles. The van der Waals surface area contributed by atoms with Gasteiger partial charge in [-0.05, 0) is 37.3 Å². The highest BCUT2D eigenvalue weighted by molar-refractivity contribution is 6.03. The maximum absolute atomic E-state index is 13.0. The van der Waals surface area contributed by atoms with Gasteiger partial charge in [0.2, 0.25) is 0 Å². The number of ketones is 2. The average Bonchev–Trinajstić information content (AvgIpc) is 3.03. The zero-order valence-electron chi connectivity index (χ0n) is 18.1. The third-order valence-electron chi connectivity index (χ3n) is 6.71. The molecule has 0 unspecified atom stereocenters. The van der Waals surface area contributed by atoms with Gasteiger partial charge >= 0.3 is 0 Å². The van der Waals surface area contributed by atoms with E-state index in [-0.39, 0.29) is 17.5 Å². The van der Waals surface area contributed by atoms with E-state index in [1.807, 2.05) is 38.2 Å². The number of ether oxygens (including phenoxy) is 1. The Bertz CT molecular complexity index is 972. The zero-order valence-corrected chi connectivity index (χ0v) is 18.1. The predicted molar refractivity (Wildman–Crippen MR) is 117 cm³/mol. The molecule has 1 aromatic carbocycles. The Morgan fingerprint density at radius 1 is 1.27 bits per heavy atom. The van der Waals surface area contributed by atoms with Crippen molar-refractivity contribution >= 4 is 11.6 Å². The lowest BCUT2D eigenvalue weighted by Crippen LogP contribution is -2.31. The lowest BCUT2D eigenvalue weighted by Gasteiger charge is -2.32. The standard InChI is InChI=1S/C25H30N2O3/c1-15-9-17(14-27(15)3)10-23(28)20-13-21-22(26-16(20)2)11-18(12-24(21)29)19-7-5-6-8-25(19)30-4/h5-8,17-18,26H,1,9-14H2,2-4H3/t17-,18-/m1/s1. The molecule has 3 aliphatic rings. The minimum atomic E-state index is 0.0880. The lowest BCUT2D eigenvalue weighted by atomic mass is 9.77. The molecule has 0 radical (unpaired) electrons. The number of nitrogens with zero attached hydrogens (tertiary/aromatic N) is 1. The Hall–Kier alpha value is -2.82. The second-order valence-corrected chi connectivity index (χ2v) is 8.78. The van der Waals surface area contributed by atoms with E-state index in [0.717, 1.165) is 58.9 Å². The van der Waals surface area contributed by atoms with Gasteiger partial charge in [-0.1, -0.05) is 24.8 Å². The number of rotatable bonds is 5.